The number of nitrogens with zero attached hydrogens (tertiary/aromatic N) is 4. The molecule has 50 heavy (non-hydrogen) atoms. The maximum absolute atomic E-state index is 12.7. The quantitative estimate of drug-likeness (QED) is 0.0643. The Balaban J connectivity index is 1.13. The van der Waals surface area contributed by atoms with Gasteiger partial charge in [-0.3, -0.25) is 24.2 Å². The van der Waals surface area contributed by atoms with E-state index in [0.29, 0.717) is 37.2 Å². The Morgan fingerprint density at radius 3 is 2.58 bits per heavy atom. The number of carbonyl (C=O) groups excluding carboxylic acids is 3. The van der Waals surface area contributed by atoms with Crippen LogP contribution in [-0.2, 0) is 30.0 Å². The summed E-state index contributed by atoms with van der Waals surface area (Å²) in [7, 11) is -2.80. The van der Waals surface area contributed by atoms with Crippen LogP contribution in [0.1, 0.15) is 61.0 Å². The van der Waals surface area contributed by atoms with E-state index in [1.807, 2.05) is 0 Å². The van der Waals surface area contributed by atoms with Crippen LogP contribution in [0.25, 0.3) is 11.2 Å². The van der Waals surface area contributed by atoms with E-state index < -0.39 is 43.9 Å². The van der Waals surface area contributed by atoms with Crippen LogP contribution in [0.4, 0.5) is 11.6 Å². The highest BCUT2D eigenvalue weighted by Gasteiger charge is 2.39. The van der Waals surface area contributed by atoms with Gasteiger partial charge in [0.05, 0.1) is 37.6 Å². The lowest BCUT2D eigenvalue weighted by Gasteiger charge is -2.22. The molecule has 4 rings (SSSR count). The maximum atomic E-state index is 12.7. The lowest BCUT2D eigenvalue weighted by molar-refractivity contribution is -0.139. The Hall–Kier alpha value is -5.10. The third kappa shape index (κ3) is 11.0. The highest BCUT2D eigenvalue weighted by Crippen LogP contribution is 2.28. The minimum Gasteiger partial charge on any atom is -0.480 e. The average Bonchev–Trinajstić information content (AvgIpc) is 3.49. The van der Waals surface area contributed by atoms with Crippen molar-refractivity contribution in [2.24, 2.45) is 0 Å². The molecule has 268 valence electrons. The van der Waals surface area contributed by atoms with Gasteiger partial charge in [-0.1, -0.05) is 6.42 Å². The number of carboxylic acid groups (broad SMARTS) is 1. The largest absolute Gasteiger partial charge is 0.695 e. The predicted octanol–water partition coefficient (Wildman–Crippen LogP) is 0.175. The molecule has 0 bridgehead atoms. The second kappa shape index (κ2) is 18.1. The lowest BCUT2D eigenvalue weighted by Crippen LogP contribution is -2.41. The van der Waals surface area contributed by atoms with Gasteiger partial charge in [-0.2, -0.15) is 4.98 Å². The number of aliphatic hydroxyl groups is 1. The number of aromatic amines is 1. The highest BCUT2D eigenvalue weighted by atomic mass is 31.1. The SMILES string of the molecule is Nc1nc2ncc(CNc3ccc(C(=O)NC(CCC(=O)NCCCCCC(=O)N4CC(O[P+](=O)O)CC4CO)C(=O)O)cc3)nc2c(=O)[nH]1. The number of nitrogens with one attached hydrogen (secondary N) is 4. The van der Waals surface area contributed by atoms with Gasteiger partial charge in [0.25, 0.3) is 11.5 Å². The normalized spacial score (nSPS) is 16.5. The molecule has 3 heterocycles. The first-order chi connectivity index (χ1) is 23.9. The molecule has 9 N–H and O–H groups in total. The Bertz CT molecular complexity index is 1760. The van der Waals surface area contributed by atoms with E-state index in [2.05, 4.69) is 35.9 Å². The number of nitrogen functional groups attached to an aromatic ring is 1. The summed E-state index contributed by atoms with van der Waals surface area (Å²) < 4.78 is 15.8. The van der Waals surface area contributed by atoms with Crippen molar-refractivity contribution >= 4 is 54.7 Å². The van der Waals surface area contributed by atoms with Gasteiger partial charge in [-0.05, 0) is 43.5 Å². The molecule has 20 heteroatoms. The molecule has 3 amide bonds. The first-order valence-corrected chi connectivity index (χ1v) is 17.0. The van der Waals surface area contributed by atoms with Crippen LogP contribution < -0.4 is 27.2 Å². The third-order valence-corrected chi connectivity index (χ3v) is 8.38. The molecule has 4 atom stereocenters. The lowest BCUT2D eigenvalue weighted by atomic mass is 10.1. The zero-order valence-electron chi connectivity index (χ0n) is 26.9. The summed E-state index contributed by atoms with van der Waals surface area (Å²) >= 11 is 0. The molecule has 0 spiro atoms. The number of likely N-dealkylation sites (tertiary alicyclic amines) is 1. The van der Waals surface area contributed by atoms with Crippen LogP contribution in [0, 0.1) is 0 Å². The standard InChI is InChI=1S/C30H38N9O10P/c31-30-37-26-25(28(44)38-30)35-19(14-34-26)13-33-18-7-5-17(6-8-18)27(43)36-22(29(45)46)9-10-23(41)32-11-3-1-2-4-24(42)39-15-21(49-50(47)48)12-20(39)16-40/h5-8,14,20-22,40H,1-4,9-13,15-16H2,(H7-,31,32,33,34,36,37,38,41,43,44,45,46,47,48)/p+1. The topological polar surface area (TPSA) is 292 Å². The summed E-state index contributed by atoms with van der Waals surface area (Å²) in [6.45, 7) is 0.386. The maximum Gasteiger partial charge on any atom is 0.695 e. The molecule has 1 fully saturated rings. The fourth-order valence-electron chi connectivity index (χ4n) is 5.36. The van der Waals surface area contributed by atoms with Gasteiger partial charge < -0.3 is 36.8 Å². The van der Waals surface area contributed by atoms with Crippen molar-refractivity contribution in [2.75, 3.05) is 30.7 Å². The number of anilines is 2. The summed E-state index contributed by atoms with van der Waals surface area (Å²) in [6.07, 6.45) is 2.80. The molecule has 19 nitrogen and oxygen atoms in total. The van der Waals surface area contributed by atoms with Crippen LogP contribution in [0.5, 0.6) is 0 Å². The summed E-state index contributed by atoms with van der Waals surface area (Å²) in [5, 5.41) is 27.4. The monoisotopic (exact) mass is 716 g/mol. The van der Waals surface area contributed by atoms with Crippen molar-refractivity contribution in [2.45, 2.75) is 69.7 Å². The Morgan fingerprint density at radius 2 is 1.88 bits per heavy atom. The van der Waals surface area contributed by atoms with Crippen molar-refractivity contribution in [3.8, 4) is 0 Å². The number of unbranched alkanes of at least 4 members (excludes halogenated alkanes) is 2. The van der Waals surface area contributed by atoms with E-state index in [0.717, 1.165) is 0 Å². The fourth-order valence-corrected chi connectivity index (χ4v) is 5.76. The number of amides is 3. The molecule has 1 aromatic carbocycles. The molecule has 1 aliphatic heterocycles. The zero-order valence-corrected chi connectivity index (χ0v) is 27.8. The van der Waals surface area contributed by atoms with E-state index in [-0.39, 0.29) is 79.9 Å². The second-order valence-corrected chi connectivity index (χ2v) is 12.2. The number of rotatable bonds is 18. The number of aliphatic hydroxyl groups excluding tert-OH is 1. The number of hydrogen-bond acceptors (Lipinski definition) is 13. The van der Waals surface area contributed by atoms with Gasteiger partial charge in [-0.15, -0.1) is 9.42 Å². The van der Waals surface area contributed by atoms with E-state index in [9.17, 15) is 38.8 Å². The highest BCUT2D eigenvalue weighted by molar-refractivity contribution is 7.32. The number of aliphatic carboxylic acids is 1. The van der Waals surface area contributed by atoms with Gasteiger partial charge in [-0.25, -0.2) is 14.8 Å². The van der Waals surface area contributed by atoms with Crippen molar-refractivity contribution in [3.63, 3.8) is 0 Å². The molecule has 0 aliphatic carbocycles. The number of H-pyrrole nitrogens is 1. The average molecular weight is 717 g/mol. The number of carboxylic acids is 1. The Labute approximate surface area is 286 Å². The van der Waals surface area contributed by atoms with E-state index in [4.69, 9.17) is 15.2 Å². The minimum absolute atomic E-state index is 0.0435. The number of hydrogen-bond donors (Lipinski definition) is 8. The molecule has 1 aliphatic rings. The number of benzene rings is 1. The summed E-state index contributed by atoms with van der Waals surface area (Å²) in [5.74, 6) is -2.55. The minimum atomic E-state index is -2.80. The summed E-state index contributed by atoms with van der Waals surface area (Å²) in [4.78, 5) is 86.5. The van der Waals surface area contributed by atoms with E-state index >= 15 is 0 Å². The first kappa shape index (κ1) is 37.7. The van der Waals surface area contributed by atoms with Gasteiger partial charge in [0.15, 0.2) is 11.2 Å². The predicted molar refractivity (Wildman–Crippen MR) is 178 cm³/mol. The van der Waals surface area contributed by atoms with Crippen LogP contribution in [0.3, 0.4) is 0 Å². The smallest absolute Gasteiger partial charge is 0.480 e. The van der Waals surface area contributed by atoms with Crippen molar-refractivity contribution in [1.29, 1.82) is 0 Å². The van der Waals surface area contributed by atoms with Gasteiger partial charge in [0.1, 0.15) is 12.1 Å². The summed E-state index contributed by atoms with van der Waals surface area (Å²) in [6, 6.07) is 4.47. The fraction of sp³-hybridized carbons (Fsp3) is 0.467. The molecule has 1 saturated heterocycles. The molecule has 0 saturated carbocycles. The van der Waals surface area contributed by atoms with Crippen molar-refractivity contribution < 1.29 is 43.4 Å². The molecule has 4 unspecified atom stereocenters. The Morgan fingerprint density at radius 1 is 1.12 bits per heavy atom. The van der Waals surface area contributed by atoms with Gasteiger partial charge >= 0.3 is 14.2 Å². The Kier molecular flexibility index (Phi) is 13.6. The number of nitrogens with two attached hydrogens (primary N) is 1. The number of carbonyl (C=O) groups is 4. The molecule has 3 aromatic rings. The van der Waals surface area contributed by atoms with Crippen molar-refractivity contribution in [1.82, 2.24) is 35.5 Å². The molecule has 0 radical (unpaired) electrons. The first-order valence-electron chi connectivity index (χ1n) is 15.8. The molecular formula is C30H39N9O10P+. The van der Waals surface area contributed by atoms with E-state index in [1.165, 1.54) is 23.2 Å². The van der Waals surface area contributed by atoms with E-state index in [1.54, 1.807) is 12.1 Å². The zero-order chi connectivity index (χ0) is 36.2. The molecular weight excluding hydrogens is 677 g/mol. The van der Waals surface area contributed by atoms with Gasteiger partial charge in [0, 0.05) is 41.6 Å². The third-order valence-electron chi connectivity index (χ3n) is 7.91. The van der Waals surface area contributed by atoms with Gasteiger partial charge in [0.2, 0.25) is 17.8 Å². The van der Waals surface area contributed by atoms with Crippen LogP contribution in [-0.4, -0.2) is 102 Å². The summed E-state index contributed by atoms with van der Waals surface area (Å²) in [5.41, 5.74) is 6.45. The molecule has 2 aromatic heterocycles. The number of aromatic nitrogens is 4. The number of fused-ring (bicyclic) bond motifs is 1. The van der Waals surface area contributed by atoms with Crippen LogP contribution >= 0.6 is 8.25 Å². The van der Waals surface area contributed by atoms with Crippen LogP contribution in [0.15, 0.2) is 35.3 Å². The van der Waals surface area contributed by atoms with Crippen molar-refractivity contribution in [3.05, 3.63) is 52.1 Å². The van der Waals surface area contributed by atoms with Crippen LogP contribution in [0.2, 0.25) is 0 Å². The second-order valence-electron chi connectivity index (χ2n) is 11.6.